The minimum Gasteiger partial charge on any atom is -0.350 e. The SMILES string of the molecule is C=CC(c1ccccc1)N(c1ccccc1)C(C=C)c1ccccc1. The molecule has 2 unspecified atom stereocenters. The summed E-state index contributed by atoms with van der Waals surface area (Å²) in [4.78, 5) is 2.37. The molecule has 0 aliphatic heterocycles. The lowest BCUT2D eigenvalue weighted by atomic mass is 9.98. The minimum absolute atomic E-state index is 0.0480. The molecule has 0 N–H and O–H groups in total. The van der Waals surface area contributed by atoms with Crippen LogP contribution in [0.15, 0.2) is 116 Å². The molecule has 0 bridgehead atoms. The summed E-state index contributed by atoms with van der Waals surface area (Å²) in [5.41, 5.74) is 3.57. The van der Waals surface area contributed by atoms with Gasteiger partial charge >= 0.3 is 0 Å². The third-order valence-corrected chi connectivity index (χ3v) is 4.38. The summed E-state index contributed by atoms with van der Waals surface area (Å²) < 4.78 is 0. The van der Waals surface area contributed by atoms with Crippen LogP contribution in [0.25, 0.3) is 0 Å². The van der Waals surface area contributed by atoms with Crippen molar-refractivity contribution in [3.05, 3.63) is 127 Å². The highest BCUT2D eigenvalue weighted by Gasteiger charge is 2.25. The van der Waals surface area contributed by atoms with Gasteiger partial charge in [0.1, 0.15) is 0 Å². The Bertz CT molecular complexity index is 742. The molecular formula is C24H23N. The number of rotatable bonds is 7. The average Bonchev–Trinajstić information content (AvgIpc) is 2.70. The van der Waals surface area contributed by atoms with Gasteiger partial charge in [-0.1, -0.05) is 91.0 Å². The molecule has 25 heavy (non-hydrogen) atoms. The number of anilines is 1. The van der Waals surface area contributed by atoms with Crippen LogP contribution in [0.3, 0.4) is 0 Å². The Morgan fingerprint density at radius 3 is 1.28 bits per heavy atom. The lowest BCUT2D eigenvalue weighted by Gasteiger charge is -2.38. The van der Waals surface area contributed by atoms with E-state index in [0.717, 1.165) is 5.69 Å². The predicted molar refractivity (Wildman–Crippen MR) is 108 cm³/mol. The van der Waals surface area contributed by atoms with E-state index >= 15 is 0 Å². The lowest BCUT2D eigenvalue weighted by molar-refractivity contribution is 0.664. The van der Waals surface area contributed by atoms with Crippen molar-refractivity contribution in [2.45, 2.75) is 12.1 Å². The summed E-state index contributed by atoms with van der Waals surface area (Å²) in [7, 11) is 0. The molecule has 124 valence electrons. The van der Waals surface area contributed by atoms with Crippen molar-refractivity contribution in [1.82, 2.24) is 0 Å². The molecule has 0 radical (unpaired) electrons. The van der Waals surface area contributed by atoms with E-state index in [4.69, 9.17) is 0 Å². The van der Waals surface area contributed by atoms with Crippen molar-refractivity contribution in [3.8, 4) is 0 Å². The van der Waals surface area contributed by atoms with Crippen molar-refractivity contribution in [2.75, 3.05) is 4.90 Å². The van der Waals surface area contributed by atoms with Gasteiger partial charge in [-0.05, 0) is 23.3 Å². The Hall–Kier alpha value is -3.06. The second-order valence-electron chi connectivity index (χ2n) is 5.93. The Kier molecular flexibility index (Phi) is 5.48. The molecular weight excluding hydrogens is 302 g/mol. The van der Waals surface area contributed by atoms with Crippen molar-refractivity contribution in [1.29, 1.82) is 0 Å². The molecule has 0 fully saturated rings. The van der Waals surface area contributed by atoms with E-state index in [1.807, 2.05) is 30.4 Å². The molecule has 0 saturated carbocycles. The summed E-state index contributed by atoms with van der Waals surface area (Å²) in [6.45, 7) is 8.24. The standard InChI is InChI=1S/C24H23N/c1-3-23(20-14-8-5-9-15-20)25(22-18-12-7-13-19-22)24(4-2)21-16-10-6-11-17-21/h3-19,23-24H,1-2H2. The summed E-state index contributed by atoms with van der Waals surface area (Å²) in [5.74, 6) is 0. The van der Waals surface area contributed by atoms with Crippen LogP contribution >= 0.6 is 0 Å². The number of hydrogen-bond acceptors (Lipinski definition) is 1. The highest BCUT2D eigenvalue weighted by molar-refractivity contribution is 5.54. The van der Waals surface area contributed by atoms with Gasteiger partial charge in [0.2, 0.25) is 0 Å². The molecule has 0 aromatic heterocycles. The van der Waals surface area contributed by atoms with Gasteiger partial charge < -0.3 is 4.90 Å². The fourth-order valence-corrected chi connectivity index (χ4v) is 3.22. The summed E-state index contributed by atoms with van der Waals surface area (Å²) >= 11 is 0. The Morgan fingerprint density at radius 2 is 0.920 bits per heavy atom. The van der Waals surface area contributed by atoms with E-state index in [9.17, 15) is 0 Å². The topological polar surface area (TPSA) is 3.24 Å². The third kappa shape index (κ3) is 3.72. The van der Waals surface area contributed by atoms with Gasteiger partial charge in [0.25, 0.3) is 0 Å². The molecule has 0 aliphatic carbocycles. The molecule has 1 nitrogen and oxygen atoms in total. The molecule has 2 atom stereocenters. The maximum Gasteiger partial charge on any atom is 0.0733 e. The predicted octanol–water partition coefficient (Wildman–Crippen LogP) is 6.35. The van der Waals surface area contributed by atoms with Gasteiger partial charge in [-0.3, -0.25) is 0 Å². The molecule has 0 amide bonds. The minimum atomic E-state index is 0.0480. The second kappa shape index (κ2) is 8.16. The summed E-state index contributed by atoms with van der Waals surface area (Å²) in [6.07, 6.45) is 4.00. The van der Waals surface area contributed by atoms with E-state index in [1.54, 1.807) is 0 Å². The molecule has 0 spiro atoms. The van der Waals surface area contributed by atoms with Crippen molar-refractivity contribution < 1.29 is 0 Å². The third-order valence-electron chi connectivity index (χ3n) is 4.38. The molecule has 3 aromatic rings. The molecule has 3 aromatic carbocycles. The van der Waals surface area contributed by atoms with Crippen LogP contribution in [-0.4, -0.2) is 0 Å². The van der Waals surface area contributed by atoms with Crippen molar-refractivity contribution >= 4 is 5.69 Å². The highest BCUT2D eigenvalue weighted by Crippen LogP contribution is 2.37. The Morgan fingerprint density at radius 1 is 0.560 bits per heavy atom. The van der Waals surface area contributed by atoms with E-state index in [-0.39, 0.29) is 12.1 Å². The van der Waals surface area contributed by atoms with Gasteiger partial charge in [-0.15, -0.1) is 13.2 Å². The number of nitrogens with zero attached hydrogens (tertiary/aromatic N) is 1. The van der Waals surface area contributed by atoms with Crippen LogP contribution < -0.4 is 4.90 Å². The maximum atomic E-state index is 4.12. The van der Waals surface area contributed by atoms with E-state index < -0.39 is 0 Å². The first kappa shape index (κ1) is 16.8. The van der Waals surface area contributed by atoms with Crippen LogP contribution in [0.2, 0.25) is 0 Å². The smallest absolute Gasteiger partial charge is 0.0733 e. The fourth-order valence-electron chi connectivity index (χ4n) is 3.22. The van der Waals surface area contributed by atoms with E-state index in [1.165, 1.54) is 11.1 Å². The summed E-state index contributed by atoms with van der Waals surface area (Å²) in [6, 6.07) is 31.5. The van der Waals surface area contributed by atoms with Crippen molar-refractivity contribution in [2.24, 2.45) is 0 Å². The average molecular weight is 325 g/mol. The zero-order chi connectivity index (χ0) is 17.5. The van der Waals surface area contributed by atoms with Crippen LogP contribution in [0.5, 0.6) is 0 Å². The molecule has 0 heterocycles. The Balaban J connectivity index is 2.12. The largest absolute Gasteiger partial charge is 0.350 e. The summed E-state index contributed by atoms with van der Waals surface area (Å²) in [5, 5.41) is 0. The first-order valence-corrected chi connectivity index (χ1v) is 8.53. The molecule has 0 saturated heterocycles. The second-order valence-corrected chi connectivity index (χ2v) is 5.93. The lowest BCUT2D eigenvalue weighted by Crippen LogP contribution is -2.31. The van der Waals surface area contributed by atoms with Crippen LogP contribution in [0.1, 0.15) is 23.2 Å². The molecule has 3 rings (SSSR count). The van der Waals surface area contributed by atoms with Gasteiger partial charge in [-0.2, -0.15) is 0 Å². The van der Waals surface area contributed by atoms with Crippen molar-refractivity contribution in [3.63, 3.8) is 0 Å². The van der Waals surface area contributed by atoms with Gasteiger partial charge in [0.15, 0.2) is 0 Å². The van der Waals surface area contributed by atoms with Crippen LogP contribution in [0, 0.1) is 0 Å². The first-order chi connectivity index (χ1) is 12.3. The van der Waals surface area contributed by atoms with E-state index in [2.05, 4.69) is 90.9 Å². The highest BCUT2D eigenvalue weighted by atomic mass is 15.2. The molecule has 0 aliphatic rings. The number of para-hydroxylation sites is 1. The first-order valence-electron chi connectivity index (χ1n) is 8.53. The number of benzene rings is 3. The zero-order valence-corrected chi connectivity index (χ0v) is 14.3. The van der Waals surface area contributed by atoms with Gasteiger partial charge in [0, 0.05) is 5.69 Å². The number of hydrogen-bond donors (Lipinski definition) is 0. The van der Waals surface area contributed by atoms with Gasteiger partial charge in [0.05, 0.1) is 12.1 Å². The van der Waals surface area contributed by atoms with E-state index in [0.29, 0.717) is 0 Å². The van der Waals surface area contributed by atoms with Gasteiger partial charge in [-0.25, -0.2) is 0 Å². The zero-order valence-electron chi connectivity index (χ0n) is 14.3. The fraction of sp³-hybridized carbons (Fsp3) is 0.0833. The monoisotopic (exact) mass is 325 g/mol. The maximum absolute atomic E-state index is 4.12. The normalized spacial score (nSPS) is 12.8. The molecule has 1 heteroatoms. The Labute approximate surface area is 150 Å². The quantitative estimate of drug-likeness (QED) is 0.458. The van der Waals surface area contributed by atoms with Crippen LogP contribution in [0.4, 0.5) is 5.69 Å². The van der Waals surface area contributed by atoms with Crippen LogP contribution in [-0.2, 0) is 0 Å².